The number of primary amides is 1. The predicted octanol–water partition coefficient (Wildman–Crippen LogP) is 4.22. The summed E-state index contributed by atoms with van der Waals surface area (Å²) < 4.78 is 0. The maximum Gasteiger partial charge on any atom is 0.263 e. The Bertz CT molecular complexity index is 826. The predicted molar refractivity (Wildman–Crippen MR) is 103 cm³/mol. The summed E-state index contributed by atoms with van der Waals surface area (Å²) in [4.78, 5) is 19.6. The molecule has 0 aliphatic carbocycles. The SMILES string of the molecule is NC(=O)C1=C=CCC=C(C2=CC=NCC=C2Sc2ccccc2)S1. The average molecular weight is 352 g/mol. The van der Waals surface area contributed by atoms with Crippen molar-refractivity contribution in [2.45, 2.75) is 11.3 Å². The molecule has 3 nitrogen and oxygen atoms in total. The highest BCUT2D eigenvalue weighted by Crippen LogP contribution is 2.41. The number of carbonyl (C=O) groups is 1. The third-order valence-corrected chi connectivity index (χ3v) is 5.56. The zero-order chi connectivity index (χ0) is 16.8. The average Bonchev–Trinajstić information content (AvgIpc) is 2.96. The fraction of sp³-hybridized carbons (Fsp3) is 0.105. The molecule has 3 rings (SSSR count). The summed E-state index contributed by atoms with van der Waals surface area (Å²) in [6.45, 7) is 0.643. The molecule has 1 amide bonds. The topological polar surface area (TPSA) is 55.5 Å². The number of hydrogen-bond donors (Lipinski definition) is 1. The van der Waals surface area contributed by atoms with E-state index in [-0.39, 0.29) is 0 Å². The van der Waals surface area contributed by atoms with Gasteiger partial charge in [0.25, 0.3) is 5.91 Å². The second-order valence-electron chi connectivity index (χ2n) is 5.03. The highest BCUT2D eigenvalue weighted by molar-refractivity contribution is 8.08. The molecule has 0 radical (unpaired) electrons. The van der Waals surface area contributed by atoms with Gasteiger partial charge in [-0.05, 0) is 36.8 Å². The van der Waals surface area contributed by atoms with Crippen LogP contribution in [0.5, 0.6) is 0 Å². The van der Waals surface area contributed by atoms with Gasteiger partial charge in [0.05, 0.1) is 6.54 Å². The van der Waals surface area contributed by atoms with Crippen LogP contribution >= 0.6 is 23.5 Å². The van der Waals surface area contributed by atoms with Crippen molar-refractivity contribution < 1.29 is 4.79 Å². The van der Waals surface area contributed by atoms with Crippen molar-refractivity contribution in [2.75, 3.05) is 6.54 Å². The molecule has 0 atom stereocenters. The van der Waals surface area contributed by atoms with Crippen molar-refractivity contribution in [3.8, 4) is 0 Å². The van der Waals surface area contributed by atoms with Crippen molar-refractivity contribution in [1.82, 2.24) is 0 Å². The van der Waals surface area contributed by atoms with Crippen molar-refractivity contribution in [2.24, 2.45) is 10.7 Å². The Labute approximate surface area is 149 Å². The minimum absolute atomic E-state index is 0.435. The Morgan fingerprint density at radius 1 is 1.25 bits per heavy atom. The van der Waals surface area contributed by atoms with E-state index < -0.39 is 5.91 Å². The van der Waals surface area contributed by atoms with Gasteiger partial charge < -0.3 is 5.73 Å². The monoisotopic (exact) mass is 352 g/mol. The number of nitrogens with zero attached hydrogens (tertiary/aromatic N) is 1. The van der Waals surface area contributed by atoms with Crippen molar-refractivity contribution >= 4 is 35.6 Å². The number of hydrogen-bond acceptors (Lipinski definition) is 4. The molecule has 0 bridgehead atoms. The first kappa shape index (κ1) is 16.7. The summed E-state index contributed by atoms with van der Waals surface area (Å²) >= 11 is 3.07. The molecule has 1 aromatic carbocycles. The number of thioether (sulfide) groups is 2. The van der Waals surface area contributed by atoms with Gasteiger partial charge in [-0.15, -0.1) is 5.73 Å². The molecule has 0 saturated heterocycles. The molecule has 2 heterocycles. The summed E-state index contributed by atoms with van der Waals surface area (Å²) in [6, 6.07) is 10.2. The lowest BCUT2D eigenvalue weighted by atomic mass is 10.2. The Morgan fingerprint density at radius 2 is 2.08 bits per heavy atom. The minimum atomic E-state index is -0.451. The molecule has 0 aromatic heterocycles. The first-order valence-corrected chi connectivity index (χ1v) is 9.14. The fourth-order valence-electron chi connectivity index (χ4n) is 2.22. The molecule has 2 aliphatic heterocycles. The minimum Gasteiger partial charge on any atom is -0.365 e. The molecule has 0 spiro atoms. The molecule has 1 aromatic rings. The van der Waals surface area contributed by atoms with E-state index in [1.165, 1.54) is 16.7 Å². The smallest absolute Gasteiger partial charge is 0.263 e. The molecule has 0 fully saturated rings. The normalized spacial score (nSPS) is 17.2. The molecular formula is C19H16N2OS2. The highest BCUT2D eigenvalue weighted by Gasteiger charge is 2.18. The van der Waals surface area contributed by atoms with Crippen LogP contribution in [-0.4, -0.2) is 18.7 Å². The van der Waals surface area contributed by atoms with Crippen LogP contribution < -0.4 is 5.73 Å². The summed E-state index contributed by atoms with van der Waals surface area (Å²) in [6.07, 6.45) is 10.6. The van der Waals surface area contributed by atoms with E-state index in [0.29, 0.717) is 11.4 Å². The zero-order valence-electron chi connectivity index (χ0n) is 12.9. The van der Waals surface area contributed by atoms with E-state index in [4.69, 9.17) is 5.73 Å². The lowest BCUT2D eigenvalue weighted by molar-refractivity contribution is -0.113. The van der Waals surface area contributed by atoms with E-state index >= 15 is 0 Å². The number of nitrogens with two attached hydrogens (primary N) is 1. The standard InChI is InChI=1S/C19H16N2OS2/c20-19(22)18-9-5-4-8-16(24-18)15-10-12-21-13-11-17(15)23-14-6-2-1-3-7-14/h1-3,5-8,10-12H,4,13H2,(H2,20,22). The molecule has 0 unspecified atom stereocenters. The van der Waals surface area contributed by atoms with Crippen LogP contribution in [-0.2, 0) is 4.79 Å². The second kappa shape index (κ2) is 8.06. The van der Waals surface area contributed by atoms with Crippen LogP contribution in [0.3, 0.4) is 0 Å². The van der Waals surface area contributed by atoms with Gasteiger partial charge >= 0.3 is 0 Å². The van der Waals surface area contributed by atoms with E-state index in [1.54, 1.807) is 11.8 Å². The van der Waals surface area contributed by atoms with Gasteiger partial charge in [0.1, 0.15) is 4.91 Å². The number of carbonyl (C=O) groups excluding carboxylic acids is 1. The Morgan fingerprint density at radius 3 is 2.88 bits per heavy atom. The van der Waals surface area contributed by atoms with Gasteiger partial charge in [-0.25, -0.2) is 0 Å². The lowest BCUT2D eigenvalue weighted by Gasteiger charge is -2.14. The van der Waals surface area contributed by atoms with Gasteiger partial charge in [-0.1, -0.05) is 47.8 Å². The van der Waals surface area contributed by atoms with Crippen LogP contribution in [0.1, 0.15) is 6.42 Å². The van der Waals surface area contributed by atoms with Crippen LogP contribution in [0.2, 0.25) is 0 Å². The summed E-state index contributed by atoms with van der Waals surface area (Å²) in [7, 11) is 0. The third kappa shape index (κ3) is 4.20. The molecule has 120 valence electrons. The Hall–Kier alpha value is -2.20. The van der Waals surface area contributed by atoms with E-state index in [2.05, 4.69) is 35.0 Å². The lowest BCUT2D eigenvalue weighted by Crippen LogP contribution is -2.11. The molecule has 2 aliphatic rings. The first-order valence-electron chi connectivity index (χ1n) is 7.51. The Balaban J connectivity index is 1.90. The summed E-state index contributed by atoms with van der Waals surface area (Å²) in [5.74, 6) is -0.451. The van der Waals surface area contributed by atoms with Crippen molar-refractivity contribution in [3.05, 3.63) is 80.7 Å². The van der Waals surface area contributed by atoms with E-state index in [9.17, 15) is 4.79 Å². The van der Waals surface area contributed by atoms with Gasteiger partial charge in [-0.3, -0.25) is 9.79 Å². The van der Waals surface area contributed by atoms with Crippen LogP contribution in [0, 0.1) is 0 Å². The quantitative estimate of drug-likeness (QED) is 0.826. The first-order chi connectivity index (χ1) is 11.7. The summed E-state index contributed by atoms with van der Waals surface area (Å²) in [5.41, 5.74) is 9.48. The number of allylic oxidation sites excluding steroid dienone is 4. The van der Waals surface area contributed by atoms with Crippen LogP contribution in [0.15, 0.2) is 90.5 Å². The Kier molecular flexibility index (Phi) is 5.59. The number of aliphatic imine (C=N–C) groups is 1. The molecular weight excluding hydrogens is 336 g/mol. The second-order valence-corrected chi connectivity index (χ2v) is 7.19. The molecule has 5 heteroatoms. The molecule has 24 heavy (non-hydrogen) atoms. The van der Waals surface area contributed by atoms with Crippen LogP contribution in [0.25, 0.3) is 0 Å². The summed E-state index contributed by atoms with van der Waals surface area (Å²) in [5, 5.41) is 0. The largest absolute Gasteiger partial charge is 0.365 e. The highest BCUT2D eigenvalue weighted by atomic mass is 32.2. The fourth-order valence-corrected chi connectivity index (χ4v) is 4.20. The van der Waals surface area contributed by atoms with Gasteiger partial charge in [0.2, 0.25) is 0 Å². The van der Waals surface area contributed by atoms with E-state index in [0.717, 1.165) is 21.8 Å². The van der Waals surface area contributed by atoms with E-state index in [1.807, 2.05) is 36.6 Å². The van der Waals surface area contributed by atoms with Crippen molar-refractivity contribution in [3.63, 3.8) is 0 Å². The maximum absolute atomic E-state index is 11.6. The maximum atomic E-state index is 11.6. The number of amides is 1. The number of benzene rings is 1. The van der Waals surface area contributed by atoms with Crippen LogP contribution in [0.4, 0.5) is 0 Å². The zero-order valence-corrected chi connectivity index (χ0v) is 14.6. The third-order valence-electron chi connectivity index (χ3n) is 3.32. The molecule has 2 N–H and O–H groups in total. The van der Waals surface area contributed by atoms with Gasteiger partial charge in [-0.2, -0.15) is 0 Å². The number of rotatable bonds is 4. The molecule has 0 saturated carbocycles. The van der Waals surface area contributed by atoms with Gasteiger partial charge in [0.15, 0.2) is 0 Å². The van der Waals surface area contributed by atoms with Crippen molar-refractivity contribution in [1.29, 1.82) is 0 Å². The van der Waals surface area contributed by atoms with Gasteiger partial charge in [0, 0.05) is 26.5 Å².